The first kappa shape index (κ1) is 21.1. The van der Waals surface area contributed by atoms with E-state index in [2.05, 4.69) is 19.1 Å². The van der Waals surface area contributed by atoms with Crippen LogP contribution < -0.4 is 4.90 Å². The second-order valence-corrected chi connectivity index (χ2v) is 8.05. The van der Waals surface area contributed by atoms with E-state index < -0.39 is 0 Å². The van der Waals surface area contributed by atoms with E-state index in [4.69, 9.17) is 0 Å². The summed E-state index contributed by atoms with van der Waals surface area (Å²) in [6.07, 6.45) is 5.53. The van der Waals surface area contributed by atoms with Gasteiger partial charge in [-0.25, -0.2) is 0 Å². The number of hydrogen-bond acceptors (Lipinski definition) is 2. The van der Waals surface area contributed by atoms with Crippen molar-refractivity contribution in [1.82, 2.24) is 4.90 Å². The summed E-state index contributed by atoms with van der Waals surface area (Å²) in [6.45, 7) is 3.39. The topological polar surface area (TPSA) is 40.6 Å². The van der Waals surface area contributed by atoms with Gasteiger partial charge in [-0.15, -0.1) is 0 Å². The molecule has 0 aromatic heterocycles. The maximum absolute atomic E-state index is 13.3. The predicted molar refractivity (Wildman–Crippen MR) is 118 cm³/mol. The Balaban J connectivity index is 1.83. The van der Waals surface area contributed by atoms with Gasteiger partial charge in [-0.1, -0.05) is 62.2 Å². The van der Waals surface area contributed by atoms with Crippen molar-refractivity contribution in [2.75, 3.05) is 18.5 Å². The third kappa shape index (κ3) is 5.69. The number of anilines is 1. The lowest BCUT2D eigenvalue weighted by atomic mass is 10.0. The average molecular weight is 393 g/mol. The summed E-state index contributed by atoms with van der Waals surface area (Å²) in [5.41, 5.74) is 2.95. The van der Waals surface area contributed by atoms with Crippen molar-refractivity contribution < 1.29 is 9.59 Å². The molecule has 0 unspecified atom stereocenters. The Labute approximate surface area is 174 Å². The van der Waals surface area contributed by atoms with E-state index in [-0.39, 0.29) is 17.7 Å². The number of nitrogens with zero attached hydrogens (tertiary/aromatic N) is 2. The molecule has 2 amide bonds. The molecule has 4 nitrogen and oxygen atoms in total. The minimum Gasteiger partial charge on any atom is -0.345 e. The molecular weight excluding hydrogens is 360 g/mol. The Morgan fingerprint density at radius 1 is 0.966 bits per heavy atom. The Kier molecular flexibility index (Phi) is 7.45. The lowest BCUT2D eigenvalue weighted by Crippen LogP contribution is -2.35. The first-order chi connectivity index (χ1) is 14.1. The molecule has 0 N–H and O–H groups in total. The van der Waals surface area contributed by atoms with E-state index >= 15 is 0 Å². The van der Waals surface area contributed by atoms with Crippen LogP contribution in [0.1, 0.15) is 50.2 Å². The molecule has 0 saturated heterocycles. The van der Waals surface area contributed by atoms with E-state index in [1.807, 2.05) is 54.4 Å². The summed E-state index contributed by atoms with van der Waals surface area (Å²) >= 11 is 0. The van der Waals surface area contributed by atoms with Crippen molar-refractivity contribution in [3.8, 4) is 0 Å². The van der Waals surface area contributed by atoms with Gasteiger partial charge in [-0.2, -0.15) is 0 Å². The van der Waals surface area contributed by atoms with E-state index in [0.717, 1.165) is 55.5 Å². The summed E-state index contributed by atoms with van der Waals surface area (Å²) in [4.78, 5) is 29.5. The van der Waals surface area contributed by atoms with E-state index in [1.54, 1.807) is 4.90 Å². The lowest BCUT2D eigenvalue weighted by Gasteiger charge is -2.26. The van der Waals surface area contributed by atoms with E-state index in [0.29, 0.717) is 13.0 Å². The smallest absolute Gasteiger partial charge is 0.230 e. The molecule has 1 fully saturated rings. The summed E-state index contributed by atoms with van der Waals surface area (Å²) in [6, 6.07) is 18.0. The fraction of sp³-hybridized carbons (Fsp3) is 0.440. The van der Waals surface area contributed by atoms with Gasteiger partial charge in [-0.05, 0) is 42.5 Å². The van der Waals surface area contributed by atoms with Crippen LogP contribution >= 0.6 is 0 Å². The van der Waals surface area contributed by atoms with Crippen LogP contribution in [0.4, 0.5) is 5.69 Å². The van der Waals surface area contributed by atoms with Gasteiger partial charge in [0.05, 0.1) is 13.0 Å². The molecule has 0 heterocycles. The number of carbonyl (C=O) groups is 2. The quantitative estimate of drug-likeness (QED) is 0.646. The Morgan fingerprint density at radius 3 is 2.34 bits per heavy atom. The fourth-order valence-electron chi connectivity index (χ4n) is 4.06. The molecule has 2 aromatic rings. The maximum atomic E-state index is 13.3. The molecule has 2 aromatic carbocycles. The zero-order chi connectivity index (χ0) is 20.6. The highest BCUT2D eigenvalue weighted by molar-refractivity contribution is 5.95. The molecule has 0 bridgehead atoms. The van der Waals surface area contributed by atoms with Crippen LogP contribution in [0.25, 0.3) is 0 Å². The third-order valence-electron chi connectivity index (χ3n) is 5.72. The lowest BCUT2D eigenvalue weighted by molar-refractivity contribution is -0.129. The standard InChI is InChI=1S/C25H32N2O2/c1-3-16-26(2)24(28)18-21-12-9-15-23(17-21)27(19-20-10-5-4-6-11-20)25(29)22-13-7-8-14-22/h4-6,9-12,15,17,22H,3,7-8,13-14,16,18-19H2,1-2H3. The molecule has 0 atom stereocenters. The van der Waals surface area contributed by atoms with Crippen molar-refractivity contribution >= 4 is 17.5 Å². The third-order valence-corrected chi connectivity index (χ3v) is 5.72. The van der Waals surface area contributed by atoms with E-state index in [9.17, 15) is 9.59 Å². The molecule has 1 saturated carbocycles. The van der Waals surface area contributed by atoms with Crippen LogP contribution in [0.15, 0.2) is 54.6 Å². The molecular formula is C25H32N2O2. The summed E-state index contributed by atoms with van der Waals surface area (Å²) in [5.74, 6) is 0.429. The molecule has 1 aliphatic carbocycles. The Bertz CT molecular complexity index is 813. The van der Waals surface area contributed by atoms with Crippen LogP contribution in [0.3, 0.4) is 0 Å². The molecule has 0 radical (unpaired) electrons. The number of carbonyl (C=O) groups excluding carboxylic acids is 2. The van der Waals surface area contributed by atoms with Gasteiger partial charge in [0.2, 0.25) is 11.8 Å². The normalized spacial score (nSPS) is 14.0. The number of likely N-dealkylation sites (N-methyl/N-ethyl adjacent to an activating group) is 1. The molecule has 1 aliphatic rings. The van der Waals surface area contributed by atoms with Gasteiger partial charge in [0.1, 0.15) is 0 Å². The first-order valence-electron chi connectivity index (χ1n) is 10.8. The van der Waals surface area contributed by atoms with E-state index in [1.165, 1.54) is 0 Å². The van der Waals surface area contributed by atoms with Crippen LogP contribution in [0.5, 0.6) is 0 Å². The predicted octanol–water partition coefficient (Wildman–Crippen LogP) is 4.82. The van der Waals surface area contributed by atoms with Crippen LogP contribution in [0, 0.1) is 5.92 Å². The minimum absolute atomic E-state index is 0.111. The van der Waals surface area contributed by atoms with Gasteiger partial charge >= 0.3 is 0 Å². The molecule has 0 spiro atoms. The zero-order valence-corrected chi connectivity index (χ0v) is 17.6. The summed E-state index contributed by atoms with van der Waals surface area (Å²) in [5, 5.41) is 0. The van der Waals surface area contributed by atoms with Gasteiger partial charge in [0, 0.05) is 25.2 Å². The average Bonchev–Trinajstić information content (AvgIpc) is 3.27. The SMILES string of the molecule is CCCN(C)C(=O)Cc1cccc(N(Cc2ccccc2)C(=O)C2CCCC2)c1. The molecule has 3 rings (SSSR count). The second-order valence-electron chi connectivity index (χ2n) is 8.05. The summed E-state index contributed by atoms with van der Waals surface area (Å²) in [7, 11) is 1.85. The highest BCUT2D eigenvalue weighted by atomic mass is 16.2. The monoisotopic (exact) mass is 392 g/mol. The number of amides is 2. The largest absolute Gasteiger partial charge is 0.345 e. The van der Waals surface area contributed by atoms with Gasteiger partial charge in [0.15, 0.2) is 0 Å². The van der Waals surface area contributed by atoms with Crippen molar-refractivity contribution in [2.24, 2.45) is 5.92 Å². The number of benzene rings is 2. The highest BCUT2D eigenvalue weighted by Gasteiger charge is 2.28. The Morgan fingerprint density at radius 2 is 1.66 bits per heavy atom. The van der Waals surface area contributed by atoms with Crippen molar-refractivity contribution in [3.63, 3.8) is 0 Å². The van der Waals surface area contributed by atoms with Crippen LogP contribution in [-0.4, -0.2) is 30.3 Å². The first-order valence-corrected chi connectivity index (χ1v) is 10.8. The van der Waals surface area contributed by atoms with Crippen molar-refractivity contribution in [3.05, 3.63) is 65.7 Å². The molecule has 154 valence electrons. The van der Waals surface area contributed by atoms with Gasteiger partial charge in [-0.3, -0.25) is 9.59 Å². The second kappa shape index (κ2) is 10.2. The Hall–Kier alpha value is -2.62. The fourth-order valence-corrected chi connectivity index (χ4v) is 4.06. The number of hydrogen-bond donors (Lipinski definition) is 0. The minimum atomic E-state index is 0.111. The summed E-state index contributed by atoms with van der Waals surface area (Å²) < 4.78 is 0. The molecule has 4 heteroatoms. The molecule has 29 heavy (non-hydrogen) atoms. The highest BCUT2D eigenvalue weighted by Crippen LogP contribution is 2.30. The number of rotatable bonds is 8. The van der Waals surface area contributed by atoms with Crippen LogP contribution in [0.2, 0.25) is 0 Å². The van der Waals surface area contributed by atoms with Crippen molar-refractivity contribution in [2.45, 2.75) is 52.0 Å². The molecule has 0 aliphatic heterocycles. The van der Waals surface area contributed by atoms with Gasteiger partial charge in [0.25, 0.3) is 0 Å². The van der Waals surface area contributed by atoms with Crippen LogP contribution in [-0.2, 0) is 22.6 Å². The van der Waals surface area contributed by atoms with Gasteiger partial charge < -0.3 is 9.80 Å². The zero-order valence-electron chi connectivity index (χ0n) is 17.6. The maximum Gasteiger partial charge on any atom is 0.230 e. The van der Waals surface area contributed by atoms with Crippen molar-refractivity contribution in [1.29, 1.82) is 0 Å².